The number of aromatic nitrogens is 5. The number of fused-ring (bicyclic) bond motifs is 1. The number of anilines is 4. The summed E-state index contributed by atoms with van der Waals surface area (Å²) in [6.07, 6.45) is 8.21. The van der Waals surface area contributed by atoms with E-state index in [0.29, 0.717) is 17.7 Å². The summed E-state index contributed by atoms with van der Waals surface area (Å²) in [5.41, 5.74) is 2.55. The van der Waals surface area contributed by atoms with Crippen molar-refractivity contribution in [3.63, 3.8) is 0 Å². The van der Waals surface area contributed by atoms with E-state index in [-0.39, 0.29) is 0 Å². The average Bonchev–Trinajstić information content (AvgIpc) is 3.43. The average molecular weight is 470 g/mol. The van der Waals surface area contributed by atoms with Crippen molar-refractivity contribution in [1.29, 1.82) is 0 Å². The molecular formula is C25H27N9O. The molecule has 0 saturated carbocycles. The fourth-order valence-corrected chi connectivity index (χ4v) is 4.42. The molecule has 0 bridgehead atoms. The summed E-state index contributed by atoms with van der Waals surface area (Å²) in [6, 6.07) is 10.2. The molecule has 35 heavy (non-hydrogen) atoms. The molecule has 0 aliphatic carbocycles. The third kappa shape index (κ3) is 4.84. The molecule has 10 heteroatoms. The Balaban J connectivity index is 1.25. The highest BCUT2D eigenvalue weighted by molar-refractivity contribution is 5.90. The molecule has 2 aliphatic heterocycles. The van der Waals surface area contributed by atoms with Crippen LogP contribution in [0.1, 0.15) is 6.42 Å². The van der Waals surface area contributed by atoms with Crippen LogP contribution in [0.15, 0.2) is 55.1 Å². The lowest BCUT2D eigenvalue weighted by Gasteiger charge is -2.27. The number of ether oxygens (including phenoxy) is 1. The Kier molecular flexibility index (Phi) is 6.04. The number of hydrogen-bond acceptors (Lipinski definition) is 10. The maximum Gasteiger partial charge on any atom is 0.162 e. The molecular weight excluding hydrogens is 442 g/mol. The van der Waals surface area contributed by atoms with Crippen LogP contribution >= 0.6 is 0 Å². The normalized spacial score (nSPS) is 18.1. The Morgan fingerprint density at radius 3 is 2.77 bits per heavy atom. The molecule has 2 aliphatic rings. The Labute approximate surface area is 203 Å². The van der Waals surface area contributed by atoms with Gasteiger partial charge in [-0.15, -0.1) is 0 Å². The van der Waals surface area contributed by atoms with Gasteiger partial charge in [0.15, 0.2) is 5.82 Å². The van der Waals surface area contributed by atoms with Gasteiger partial charge in [0, 0.05) is 49.0 Å². The summed E-state index contributed by atoms with van der Waals surface area (Å²) in [7, 11) is 0. The molecule has 0 aromatic carbocycles. The van der Waals surface area contributed by atoms with Gasteiger partial charge in [-0.05, 0) is 43.3 Å². The van der Waals surface area contributed by atoms with Crippen LogP contribution in [0, 0.1) is 0 Å². The molecule has 6 heterocycles. The fourth-order valence-electron chi connectivity index (χ4n) is 4.42. The van der Waals surface area contributed by atoms with Crippen molar-refractivity contribution in [3.8, 4) is 11.4 Å². The van der Waals surface area contributed by atoms with Gasteiger partial charge in [-0.3, -0.25) is 4.98 Å². The van der Waals surface area contributed by atoms with E-state index in [1.165, 1.54) is 0 Å². The zero-order chi connectivity index (χ0) is 23.5. The van der Waals surface area contributed by atoms with Gasteiger partial charge >= 0.3 is 0 Å². The number of nitrogens with one attached hydrogen (secondary N) is 3. The van der Waals surface area contributed by atoms with Gasteiger partial charge in [0.05, 0.1) is 36.8 Å². The van der Waals surface area contributed by atoms with Crippen LogP contribution in [0.2, 0.25) is 0 Å². The summed E-state index contributed by atoms with van der Waals surface area (Å²) >= 11 is 0. The van der Waals surface area contributed by atoms with Crippen molar-refractivity contribution in [2.45, 2.75) is 12.5 Å². The maximum absolute atomic E-state index is 5.43. The standard InChI is InChI=1S/C25H27N9O/c1-2-23(34-9-11-35-12-10-34)29-15-18(1)30-22-13-17(3-8-28-22)24-32-21-16-27-7-5-20(21)25(33-24)31-19-4-6-26-14-19/h1-3,5,7-8,13,15-16,19,26H,4,6,9-12,14H2,(H,28,30)(H,31,32,33). The Hall–Kier alpha value is -3.89. The van der Waals surface area contributed by atoms with E-state index in [0.717, 1.165) is 79.6 Å². The van der Waals surface area contributed by atoms with Crippen LogP contribution in [0.5, 0.6) is 0 Å². The zero-order valence-electron chi connectivity index (χ0n) is 19.3. The number of morpholine rings is 1. The molecule has 0 radical (unpaired) electrons. The van der Waals surface area contributed by atoms with Gasteiger partial charge in [-0.1, -0.05) is 0 Å². The first-order valence-electron chi connectivity index (χ1n) is 11.9. The van der Waals surface area contributed by atoms with Crippen molar-refractivity contribution in [3.05, 3.63) is 55.1 Å². The molecule has 178 valence electrons. The predicted molar refractivity (Wildman–Crippen MR) is 136 cm³/mol. The molecule has 3 N–H and O–H groups in total. The molecule has 0 spiro atoms. The van der Waals surface area contributed by atoms with E-state index in [9.17, 15) is 0 Å². The molecule has 10 nitrogen and oxygen atoms in total. The second-order valence-electron chi connectivity index (χ2n) is 8.68. The van der Waals surface area contributed by atoms with E-state index in [1.807, 2.05) is 36.5 Å². The predicted octanol–water partition coefficient (Wildman–Crippen LogP) is 2.84. The quantitative estimate of drug-likeness (QED) is 0.390. The summed E-state index contributed by atoms with van der Waals surface area (Å²) in [4.78, 5) is 25.2. The minimum atomic E-state index is 0.344. The van der Waals surface area contributed by atoms with E-state index >= 15 is 0 Å². The van der Waals surface area contributed by atoms with Gasteiger partial charge in [0.25, 0.3) is 0 Å². The summed E-state index contributed by atoms with van der Waals surface area (Å²) < 4.78 is 5.43. The summed E-state index contributed by atoms with van der Waals surface area (Å²) in [6.45, 7) is 5.13. The fraction of sp³-hybridized carbons (Fsp3) is 0.320. The zero-order valence-corrected chi connectivity index (χ0v) is 19.3. The molecule has 1 unspecified atom stereocenters. The Morgan fingerprint density at radius 2 is 1.94 bits per heavy atom. The summed E-state index contributed by atoms with van der Waals surface area (Å²) in [5.74, 6) is 3.12. The van der Waals surface area contributed by atoms with Gasteiger partial charge < -0.3 is 25.6 Å². The monoisotopic (exact) mass is 469 g/mol. The lowest BCUT2D eigenvalue weighted by Crippen LogP contribution is -2.36. The molecule has 6 rings (SSSR count). The van der Waals surface area contributed by atoms with Crippen LogP contribution < -0.4 is 20.9 Å². The van der Waals surface area contributed by atoms with Crippen LogP contribution in [-0.2, 0) is 4.74 Å². The number of nitrogens with zero attached hydrogens (tertiary/aromatic N) is 6. The Bertz CT molecular complexity index is 1300. The number of pyridine rings is 3. The highest BCUT2D eigenvalue weighted by Gasteiger charge is 2.18. The first-order valence-corrected chi connectivity index (χ1v) is 11.9. The van der Waals surface area contributed by atoms with Gasteiger partial charge in [0.2, 0.25) is 0 Å². The summed E-state index contributed by atoms with van der Waals surface area (Å²) in [5, 5.41) is 11.3. The van der Waals surface area contributed by atoms with Gasteiger partial charge in [0.1, 0.15) is 17.5 Å². The van der Waals surface area contributed by atoms with Crippen LogP contribution in [0.25, 0.3) is 22.3 Å². The minimum Gasteiger partial charge on any atom is -0.378 e. The maximum atomic E-state index is 5.43. The SMILES string of the molecule is c1cc2c(NC3CCNC3)nc(-c3ccnc(Nc4ccc(N5CCOCC5)nc4)c3)nc2cn1. The lowest BCUT2D eigenvalue weighted by atomic mass is 10.2. The lowest BCUT2D eigenvalue weighted by molar-refractivity contribution is 0.122. The molecule has 2 saturated heterocycles. The van der Waals surface area contributed by atoms with E-state index in [4.69, 9.17) is 14.7 Å². The Morgan fingerprint density at radius 1 is 1.00 bits per heavy atom. The smallest absolute Gasteiger partial charge is 0.162 e. The van der Waals surface area contributed by atoms with Gasteiger partial charge in [-0.2, -0.15) is 0 Å². The van der Waals surface area contributed by atoms with Crippen molar-refractivity contribution < 1.29 is 4.74 Å². The molecule has 4 aromatic rings. The molecule has 2 fully saturated rings. The minimum absolute atomic E-state index is 0.344. The highest BCUT2D eigenvalue weighted by atomic mass is 16.5. The highest BCUT2D eigenvalue weighted by Crippen LogP contribution is 2.27. The second kappa shape index (κ2) is 9.77. The number of rotatable bonds is 6. The third-order valence-electron chi connectivity index (χ3n) is 6.27. The van der Waals surface area contributed by atoms with Crippen LogP contribution in [-0.4, -0.2) is 70.4 Å². The molecule has 1 atom stereocenters. The van der Waals surface area contributed by atoms with E-state index < -0.39 is 0 Å². The van der Waals surface area contributed by atoms with Crippen LogP contribution in [0.4, 0.5) is 23.1 Å². The van der Waals surface area contributed by atoms with Crippen molar-refractivity contribution >= 4 is 34.0 Å². The van der Waals surface area contributed by atoms with Crippen molar-refractivity contribution in [2.75, 3.05) is 54.9 Å². The van der Waals surface area contributed by atoms with Crippen molar-refractivity contribution in [1.82, 2.24) is 30.2 Å². The first kappa shape index (κ1) is 21.6. The third-order valence-corrected chi connectivity index (χ3v) is 6.27. The van der Waals surface area contributed by atoms with E-state index in [1.54, 1.807) is 18.6 Å². The largest absolute Gasteiger partial charge is 0.378 e. The molecule has 0 amide bonds. The molecule has 4 aromatic heterocycles. The van der Waals surface area contributed by atoms with Crippen molar-refractivity contribution in [2.24, 2.45) is 0 Å². The van der Waals surface area contributed by atoms with Crippen LogP contribution in [0.3, 0.4) is 0 Å². The second-order valence-corrected chi connectivity index (χ2v) is 8.68. The first-order chi connectivity index (χ1) is 17.3. The van der Waals surface area contributed by atoms with E-state index in [2.05, 4.69) is 35.8 Å². The topological polar surface area (TPSA) is 113 Å². The number of hydrogen-bond donors (Lipinski definition) is 3. The van der Waals surface area contributed by atoms with Gasteiger partial charge in [-0.25, -0.2) is 19.9 Å².